The molecular weight excluding hydrogens is 288 g/mol. The molecule has 18 heavy (non-hydrogen) atoms. The Kier molecular flexibility index (Phi) is 4.33. The molecule has 1 rings (SSSR count). The molecular formula is C8H10O8S2. The van der Waals surface area contributed by atoms with Crippen molar-refractivity contribution in [2.24, 2.45) is 0 Å². The zero-order valence-corrected chi connectivity index (χ0v) is 10.9. The van der Waals surface area contributed by atoms with Gasteiger partial charge in [-0.3, -0.25) is 8.37 Å². The fourth-order valence-corrected chi connectivity index (χ4v) is 4.15. The van der Waals surface area contributed by atoms with Gasteiger partial charge in [-0.2, -0.15) is 16.8 Å². The summed E-state index contributed by atoms with van der Waals surface area (Å²) >= 11 is 0. The highest BCUT2D eigenvalue weighted by Gasteiger charge is 2.42. The van der Waals surface area contributed by atoms with Gasteiger partial charge in [0.25, 0.3) is 20.2 Å². The van der Waals surface area contributed by atoms with Crippen molar-refractivity contribution >= 4 is 26.2 Å². The lowest BCUT2D eigenvalue weighted by molar-refractivity contribution is -0.153. The second-order valence-corrected chi connectivity index (χ2v) is 6.92. The monoisotopic (exact) mass is 298 g/mol. The first-order chi connectivity index (χ1) is 8.17. The van der Waals surface area contributed by atoms with Gasteiger partial charge >= 0.3 is 5.97 Å². The summed E-state index contributed by atoms with van der Waals surface area (Å²) in [5, 5.41) is -1.36. The zero-order valence-electron chi connectivity index (χ0n) is 9.23. The van der Waals surface area contributed by atoms with Crippen LogP contribution in [0.15, 0.2) is 0 Å². The van der Waals surface area contributed by atoms with E-state index < -0.39 is 50.1 Å². The molecule has 1 saturated heterocycles. The number of carbonyl (C=O) groups excluding carboxylic acids is 1. The van der Waals surface area contributed by atoms with Gasteiger partial charge in [-0.25, -0.2) is 4.79 Å². The molecule has 102 valence electrons. The van der Waals surface area contributed by atoms with E-state index in [9.17, 15) is 21.6 Å². The number of rotatable bonds is 2. The van der Waals surface area contributed by atoms with Crippen molar-refractivity contribution in [3.63, 3.8) is 0 Å². The van der Waals surface area contributed by atoms with Crippen LogP contribution >= 0.6 is 0 Å². The SMILES string of the molecule is C#CCOC(=O)C1OS(=O)(=O)CS(=O)(=O)OC1C. The molecule has 0 spiro atoms. The molecule has 0 aromatic rings. The van der Waals surface area contributed by atoms with Crippen molar-refractivity contribution in [3.05, 3.63) is 0 Å². The smallest absolute Gasteiger partial charge is 0.340 e. The largest absolute Gasteiger partial charge is 0.450 e. The molecule has 0 amide bonds. The molecule has 1 fully saturated rings. The van der Waals surface area contributed by atoms with Gasteiger partial charge in [0.15, 0.2) is 6.61 Å². The molecule has 8 nitrogen and oxygen atoms in total. The predicted octanol–water partition coefficient (Wildman–Crippen LogP) is -1.42. The molecule has 0 aromatic carbocycles. The average Bonchev–Trinajstić information content (AvgIpc) is 2.27. The van der Waals surface area contributed by atoms with Gasteiger partial charge in [-0.15, -0.1) is 6.42 Å². The molecule has 1 aliphatic rings. The van der Waals surface area contributed by atoms with Crippen LogP contribution in [0.2, 0.25) is 0 Å². The molecule has 2 atom stereocenters. The van der Waals surface area contributed by atoms with E-state index in [4.69, 9.17) is 6.42 Å². The quantitative estimate of drug-likeness (QED) is 0.347. The molecule has 0 N–H and O–H groups in total. The van der Waals surface area contributed by atoms with E-state index in [-0.39, 0.29) is 0 Å². The van der Waals surface area contributed by atoms with E-state index in [0.29, 0.717) is 0 Å². The first kappa shape index (κ1) is 14.9. The van der Waals surface area contributed by atoms with Crippen LogP contribution in [-0.4, -0.2) is 46.7 Å². The Morgan fingerprint density at radius 3 is 2.44 bits per heavy atom. The van der Waals surface area contributed by atoms with Gasteiger partial charge in [0.05, 0.1) is 0 Å². The second kappa shape index (κ2) is 5.23. The number of hydrogen-bond donors (Lipinski definition) is 0. The summed E-state index contributed by atoms with van der Waals surface area (Å²) in [5.41, 5.74) is 0. The molecule has 2 unspecified atom stereocenters. The highest BCUT2D eigenvalue weighted by molar-refractivity contribution is 8.03. The third kappa shape index (κ3) is 3.95. The van der Waals surface area contributed by atoms with Crippen LogP contribution in [0.25, 0.3) is 0 Å². The van der Waals surface area contributed by atoms with E-state index >= 15 is 0 Å². The van der Waals surface area contributed by atoms with Gasteiger partial charge in [-0.1, -0.05) is 5.92 Å². The molecule has 1 heterocycles. The number of ether oxygens (including phenoxy) is 1. The van der Waals surface area contributed by atoms with Gasteiger partial charge in [0.2, 0.25) is 11.2 Å². The second-order valence-electron chi connectivity index (χ2n) is 3.36. The van der Waals surface area contributed by atoms with E-state index in [0.717, 1.165) is 0 Å². The minimum Gasteiger partial charge on any atom is -0.450 e. The third-order valence-corrected chi connectivity index (χ3v) is 5.20. The van der Waals surface area contributed by atoms with Crippen LogP contribution in [0.4, 0.5) is 0 Å². The third-order valence-electron chi connectivity index (χ3n) is 1.79. The molecule has 1 aliphatic heterocycles. The highest BCUT2D eigenvalue weighted by atomic mass is 32.3. The first-order valence-corrected chi connectivity index (χ1v) is 7.74. The maximum atomic E-state index is 11.4. The maximum Gasteiger partial charge on any atom is 0.340 e. The Morgan fingerprint density at radius 2 is 1.89 bits per heavy atom. The Morgan fingerprint density at radius 1 is 1.33 bits per heavy atom. The summed E-state index contributed by atoms with van der Waals surface area (Å²) in [6.07, 6.45) is 1.81. The summed E-state index contributed by atoms with van der Waals surface area (Å²) in [6.45, 7) is 0.776. The summed E-state index contributed by atoms with van der Waals surface area (Å²) in [7, 11) is -8.77. The van der Waals surface area contributed by atoms with Crippen molar-refractivity contribution in [2.75, 3.05) is 11.7 Å². The number of terminal acetylenes is 1. The summed E-state index contributed by atoms with van der Waals surface area (Å²) in [5.74, 6) is 0.888. The summed E-state index contributed by atoms with van der Waals surface area (Å²) in [6, 6.07) is 0. The van der Waals surface area contributed by atoms with Crippen LogP contribution in [0, 0.1) is 12.3 Å². The molecule has 0 aliphatic carbocycles. The van der Waals surface area contributed by atoms with Crippen LogP contribution in [0.3, 0.4) is 0 Å². The van der Waals surface area contributed by atoms with Crippen LogP contribution in [0.5, 0.6) is 0 Å². The van der Waals surface area contributed by atoms with Crippen molar-refractivity contribution < 1.29 is 34.7 Å². The van der Waals surface area contributed by atoms with Gasteiger partial charge in [0.1, 0.15) is 6.10 Å². The van der Waals surface area contributed by atoms with Gasteiger partial charge in [-0.05, 0) is 6.92 Å². The fraction of sp³-hybridized carbons (Fsp3) is 0.625. The van der Waals surface area contributed by atoms with Gasteiger partial charge in [0, 0.05) is 0 Å². The molecule has 0 saturated carbocycles. The zero-order chi connectivity index (χ0) is 14.0. The lowest BCUT2D eigenvalue weighted by Crippen LogP contribution is -2.37. The van der Waals surface area contributed by atoms with Crippen molar-refractivity contribution in [1.29, 1.82) is 0 Å². The summed E-state index contributed by atoms with van der Waals surface area (Å²) < 4.78 is 58.4. The van der Waals surface area contributed by atoms with Crippen LogP contribution in [0.1, 0.15) is 6.92 Å². The van der Waals surface area contributed by atoms with E-state index in [1.54, 1.807) is 0 Å². The topological polar surface area (TPSA) is 113 Å². The Bertz CT molecular complexity index is 567. The first-order valence-electron chi connectivity index (χ1n) is 4.59. The number of esters is 1. The Hall–Kier alpha value is -1.15. The van der Waals surface area contributed by atoms with Gasteiger partial charge < -0.3 is 4.74 Å². The predicted molar refractivity (Wildman–Crippen MR) is 57.9 cm³/mol. The van der Waals surface area contributed by atoms with Crippen molar-refractivity contribution in [2.45, 2.75) is 19.1 Å². The minimum atomic E-state index is -4.44. The van der Waals surface area contributed by atoms with E-state index in [2.05, 4.69) is 13.1 Å². The lowest BCUT2D eigenvalue weighted by Gasteiger charge is -2.16. The average molecular weight is 298 g/mol. The van der Waals surface area contributed by atoms with E-state index in [1.165, 1.54) is 6.92 Å². The van der Waals surface area contributed by atoms with Crippen molar-refractivity contribution in [3.8, 4) is 12.3 Å². The lowest BCUT2D eigenvalue weighted by atomic mass is 10.2. The van der Waals surface area contributed by atoms with E-state index in [1.807, 2.05) is 5.92 Å². The normalized spacial score (nSPS) is 29.8. The Labute approximate surface area is 104 Å². The highest BCUT2D eigenvalue weighted by Crippen LogP contribution is 2.19. The molecule has 0 aromatic heterocycles. The standard InChI is InChI=1S/C8H10O8S2/c1-3-4-14-8(9)7-6(2)15-17(10,11)5-18(12,13)16-7/h1,6-7H,4-5H2,2H3. The maximum absolute atomic E-state index is 11.4. The molecule has 10 heteroatoms. The van der Waals surface area contributed by atoms with Crippen LogP contribution in [-0.2, 0) is 38.1 Å². The molecule has 0 radical (unpaired) electrons. The molecule has 0 bridgehead atoms. The number of hydrogen-bond acceptors (Lipinski definition) is 8. The van der Waals surface area contributed by atoms with Crippen LogP contribution < -0.4 is 0 Å². The van der Waals surface area contributed by atoms with Crippen molar-refractivity contribution in [1.82, 2.24) is 0 Å². The number of carbonyl (C=O) groups is 1. The fourth-order valence-electron chi connectivity index (χ4n) is 1.18. The Balaban J connectivity index is 3.00. The minimum absolute atomic E-state index is 0.391. The summed E-state index contributed by atoms with van der Waals surface area (Å²) in [4.78, 5) is 11.4.